The van der Waals surface area contributed by atoms with E-state index < -0.39 is 11.6 Å². The summed E-state index contributed by atoms with van der Waals surface area (Å²) in [6, 6.07) is 0. The van der Waals surface area contributed by atoms with Crippen molar-refractivity contribution in [3.05, 3.63) is 11.6 Å². The van der Waals surface area contributed by atoms with Gasteiger partial charge in [0, 0.05) is 0 Å². The molecule has 0 amide bonds. The highest BCUT2D eigenvalue weighted by molar-refractivity contribution is 5.69. The smallest absolute Gasteiger partial charge is 0.306 e. The molecule has 0 aromatic rings. The third-order valence-corrected chi connectivity index (χ3v) is 8.63. The van der Waals surface area contributed by atoms with Crippen LogP contribution in [0, 0.1) is 35.5 Å². The van der Waals surface area contributed by atoms with Gasteiger partial charge in [0.1, 0.15) is 0 Å². The lowest BCUT2D eigenvalue weighted by molar-refractivity contribution is -0.141. The van der Waals surface area contributed by atoms with Crippen molar-refractivity contribution in [1.29, 1.82) is 0 Å². The number of rotatable bonds is 16. The van der Waals surface area contributed by atoms with Crippen molar-refractivity contribution in [3.63, 3.8) is 0 Å². The summed E-state index contributed by atoms with van der Waals surface area (Å²) in [5.41, 5.74) is 0.776. The standard InChI is InChI=1S/C29H54O4/c1-20(13-9-17-29(7,33)18-10-14-22(3)28(31)32)11-8-12-21(2)15-16-26-19-27(30)25(6)23(4)24(26)5/h19-25,27,30,33H,8-18H2,1-7H3,(H,31,32). The van der Waals surface area contributed by atoms with Gasteiger partial charge in [-0.15, -0.1) is 0 Å². The molecule has 0 saturated heterocycles. The molecule has 1 aliphatic rings. The zero-order valence-corrected chi connectivity index (χ0v) is 22.6. The second-order valence-corrected chi connectivity index (χ2v) is 11.9. The van der Waals surface area contributed by atoms with Crippen LogP contribution in [0.1, 0.15) is 119 Å². The van der Waals surface area contributed by atoms with Crippen molar-refractivity contribution >= 4 is 5.97 Å². The van der Waals surface area contributed by atoms with Crippen molar-refractivity contribution in [2.75, 3.05) is 0 Å². The first-order valence-electron chi connectivity index (χ1n) is 13.7. The number of carbonyl (C=O) groups is 1. The molecule has 4 nitrogen and oxygen atoms in total. The number of hydrogen-bond acceptors (Lipinski definition) is 3. The second-order valence-electron chi connectivity index (χ2n) is 11.9. The van der Waals surface area contributed by atoms with E-state index in [1.54, 1.807) is 6.92 Å². The van der Waals surface area contributed by atoms with Gasteiger partial charge in [0.25, 0.3) is 0 Å². The summed E-state index contributed by atoms with van der Waals surface area (Å²) < 4.78 is 0. The van der Waals surface area contributed by atoms with Crippen molar-refractivity contribution in [1.82, 2.24) is 0 Å². The van der Waals surface area contributed by atoms with Crippen molar-refractivity contribution < 1.29 is 20.1 Å². The number of carboxylic acid groups (broad SMARTS) is 1. The average molecular weight is 467 g/mol. The molecular formula is C29H54O4. The van der Waals surface area contributed by atoms with E-state index in [-0.39, 0.29) is 12.0 Å². The van der Waals surface area contributed by atoms with Crippen LogP contribution < -0.4 is 0 Å². The van der Waals surface area contributed by atoms with Gasteiger partial charge < -0.3 is 15.3 Å². The number of hydrogen-bond donors (Lipinski definition) is 3. The van der Waals surface area contributed by atoms with E-state index in [1.807, 2.05) is 6.92 Å². The van der Waals surface area contributed by atoms with Crippen LogP contribution in [0.4, 0.5) is 0 Å². The van der Waals surface area contributed by atoms with Gasteiger partial charge >= 0.3 is 5.97 Å². The van der Waals surface area contributed by atoms with Gasteiger partial charge in [-0.1, -0.05) is 85.3 Å². The van der Waals surface area contributed by atoms with Crippen molar-refractivity contribution in [2.24, 2.45) is 35.5 Å². The van der Waals surface area contributed by atoms with Crippen LogP contribution in [-0.2, 0) is 4.79 Å². The first-order valence-corrected chi connectivity index (χ1v) is 13.7. The fourth-order valence-corrected chi connectivity index (χ4v) is 5.32. The highest BCUT2D eigenvalue weighted by Gasteiger charge is 2.31. The molecule has 8 unspecified atom stereocenters. The van der Waals surface area contributed by atoms with Crippen LogP contribution >= 0.6 is 0 Å². The Morgan fingerprint density at radius 1 is 0.909 bits per heavy atom. The molecule has 0 aliphatic heterocycles. The van der Waals surface area contributed by atoms with E-state index in [4.69, 9.17) is 5.11 Å². The van der Waals surface area contributed by atoms with Crippen molar-refractivity contribution in [2.45, 2.75) is 131 Å². The highest BCUT2D eigenvalue weighted by atomic mass is 16.4. The van der Waals surface area contributed by atoms with Gasteiger partial charge in [-0.05, 0) is 75.0 Å². The minimum absolute atomic E-state index is 0.281. The summed E-state index contributed by atoms with van der Waals surface area (Å²) in [4.78, 5) is 10.9. The molecule has 0 saturated carbocycles. The first kappa shape index (κ1) is 30.2. The summed E-state index contributed by atoms with van der Waals surface area (Å²) in [7, 11) is 0. The molecule has 0 heterocycles. The van der Waals surface area contributed by atoms with Crippen LogP contribution in [-0.4, -0.2) is 33.0 Å². The monoisotopic (exact) mass is 466 g/mol. The van der Waals surface area contributed by atoms with E-state index in [0.717, 1.165) is 32.1 Å². The summed E-state index contributed by atoms with van der Waals surface area (Å²) in [6.45, 7) is 15.1. The predicted molar refractivity (Wildman–Crippen MR) is 138 cm³/mol. The van der Waals surface area contributed by atoms with Crippen LogP contribution in [0.25, 0.3) is 0 Å². The quantitative estimate of drug-likeness (QED) is 0.210. The summed E-state index contributed by atoms with van der Waals surface area (Å²) in [5.74, 6) is 1.79. The third-order valence-electron chi connectivity index (χ3n) is 8.63. The molecule has 0 aromatic carbocycles. The fourth-order valence-electron chi connectivity index (χ4n) is 5.32. The molecule has 0 spiro atoms. The Balaban J connectivity index is 2.19. The van der Waals surface area contributed by atoms with Gasteiger partial charge in [0.2, 0.25) is 0 Å². The summed E-state index contributed by atoms with van der Waals surface area (Å²) >= 11 is 0. The highest BCUT2D eigenvalue weighted by Crippen LogP contribution is 2.37. The largest absolute Gasteiger partial charge is 0.481 e. The first-order chi connectivity index (χ1) is 15.3. The number of aliphatic hydroxyl groups is 2. The molecule has 0 radical (unpaired) electrons. The van der Waals surface area contributed by atoms with Crippen LogP contribution in [0.3, 0.4) is 0 Å². The second kappa shape index (κ2) is 14.5. The molecule has 194 valence electrons. The Labute approximate surface area is 204 Å². The lowest BCUT2D eigenvalue weighted by Crippen LogP contribution is -2.32. The zero-order chi connectivity index (χ0) is 25.2. The van der Waals surface area contributed by atoms with E-state index in [2.05, 4.69) is 40.7 Å². The summed E-state index contributed by atoms with van der Waals surface area (Å²) in [5, 5.41) is 29.9. The van der Waals surface area contributed by atoms with Crippen LogP contribution in [0.15, 0.2) is 11.6 Å². The predicted octanol–water partition coefficient (Wildman–Crippen LogP) is 7.23. The lowest BCUT2D eigenvalue weighted by Gasteiger charge is -2.36. The van der Waals surface area contributed by atoms with Gasteiger partial charge in [0.15, 0.2) is 0 Å². The molecule has 0 aromatic heterocycles. The Bertz CT molecular complexity index is 596. The Kier molecular flexibility index (Phi) is 13.3. The molecule has 1 aliphatic carbocycles. The average Bonchev–Trinajstić information content (AvgIpc) is 2.73. The lowest BCUT2D eigenvalue weighted by atomic mass is 9.71. The Hall–Kier alpha value is -0.870. The minimum Gasteiger partial charge on any atom is -0.481 e. The van der Waals surface area contributed by atoms with Crippen molar-refractivity contribution in [3.8, 4) is 0 Å². The topological polar surface area (TPSA) is 77.8 Å². The number of aliphatic hydroxyl groups excluding tert-OH is 1. The van der Waals surface area contributed by atoms with Crippen LogP contribution in [0.5, 0.6) is 0 Å². The zero-order valence-electron chi connectivity index (χ0n) is 22.6. The van der Waals surface area contributed by atoms with Gasteiger partial charge in [-0.25, -0.2) is 0 Å². The SMILES string of the molecule is CC(CCCC(C)CCC1=CC(O)C(C)C(C)C1C)CCCC(C)(O)CCCC(C)C(=O)O. The third kappa shape index (κ3) is 11.4. The molecule has 1 rings (SSSR count). The maximum absolute atomic E-state index is 10.9. The van der Waals surface area contributed by atoms with E-state index in [9.17, 15) is 15.0 Å². The number of allylic oxidation sites excluding steroid dienone is 1. The van der Waals surface area contributed by atoms with Gasteiger partial charge in [-0.2, -0.15) is 0 Å². The van der Waals surface area contributed by atoms with E-state index in [0.29, 0.717) is 42.4 Å². The minimum atomic E-state index is -0.749. The Morgan fingerprint density at radius 2 is 1.42 bits per heavy atom. The molecular weight excluding hydrogens is 412 g/mol. The van der Waals surface area contributed by atoms with Gasteiger partial charge in [0.05, 0.1) is 17.6 Å². The molecule has 0 fully saturated rings. The fraction of sp³-hybridized carbons (Fsp3) is 0.897. The molecule has 3 N–H and O–H groups in total. The maximum Gasteiger partial charge on any atom is 0.306 e. The number of aliphatic carboxylic acids is 1. The maximum atomic E-state index is 10.9. The number of carboxylic acids is 1. The molecule has 8 atom stereocenters. The van der Waals surface area contributed by atoms with E-state index >= 15 is 0 Å². The Morgan fingerprint density at radius 3 is 2.00 bits per heavy atom. The molecule has 0 bridgehead atoms. The molecule has 33 heavy (non-hydrogen) atoms. The van der Waals surface area contributed by atoms with E-state index in [1.165, 1.54) is 31.3 Å². The molecule has 4 heteroatoms. The van der Waals surface area contributed by atoms with Gasteiger partial charge in [-0.3, -0.25) is 4.79 Å². The van der Waals surface area contributed by atoms with Crippen LogP contribution in [0.2, 0.25) is 0 Å². The normalized spacial score (nSPS) is 28.0. The summed E-state index contributed by atoms with van der Waals surface area (Å²) in [6.07, 6.45) is 13.0.